The van der Waals surface area contributed by atoms with Crippen LogP contribution in [0, 0.1) is 0 Å². The Balaban J connectivity index is -0.000000238. The van der Waals surface area contributed by atoms with Crippen molar-refractivity contribution < 1.29 is 45.0 Å². The largest absolute Gasteiger partial charge is 1.00 e. The van der Waals surface area contributed by atoms with Gasteiger partial charge in [0, 0.05) is 0 Å². The summed E-state index contributed by atoms with van der Waals surface area (Å²) in [5, 5.41) is 0. The summed E-state index contributed by atoms with van der Waals surface area (Å²) in [6.07, 6.45) is 0. The van der Waals surface area contributed by atoms with Crippen molar-refractivity contribution in [1.82, 2.24) is 0 Å². The quantitative estimate of drug-likeness (QED) is 0.456. The fraction of sp³-hybridized carbons (Fsp3) is 1.00. The van der Waals surface area contributed by atoms with Gasteiger partial charge >= 0.3 is 34.5 Å². The second kappa shape index (κ2) is 7.47. The van der Waals surface area contributed by atoms with Gasteiger partial charge in [0.05, 0.1) is 0 Å². The van der Waals surface area contributed by atoms with Crippen LogP contribution < -0.4 is 18.9 Å². The molecule has 0 rings (SSSR count). The van der Waals surface area contributed by atoms with E-state index in [-0.39, 0.29) is 18.9 Å². The van der Waals surface area contributed by atoms with Crippen molar-refractivity contribution in [2.45, 2.75) is 44.8 Å². The zero-order valence-corrected chi connectivity index (χ0v) is 14.6. The third-order valence-electron chi connectivity index (χ3n) is 0.963. The maximum atomic E-state index is 10.7. The molecule has 0 fully saturated rings. The number of hydrogen-bond donors (Lipinski definition) is 1. The molecule has 0 aliphatic carbocycles. The average Bonchev–Trinajstić information content (AvgIpc) is 1.71. The molecule has 0 aromatic rings. The second-order valence-electron chi connectivity index (χ2n) is 5.37. The Hall–Kier alpha value is 0.691. The number of nitrogens with zero attached hydrogens (tertiary/aromatic N) is 1. The van der Waals surface area contributed by atoms with Crippen molar-refractivity contribution in [3.63, 3.8) is 0 Å². The van der Waals surface area contributed by atoms with Crippen LogP contribution in [0.4, 0.5) is 13.2 Å². The first kappa shape index (κ1) is 23.8. The fourth-order valence-corrected chi connectivity index (χ4v) is 9.06. The third-order valence-corrected chi connectivity index (χ3v) is 6.91. The molecule has 11 heteroatoms. The molecule has 0 radical (unpaired) electrons. The first-order valence-electron chi connectivity index (χ1n) is 4.73. The molecule has 0 saturated carbocycles. The molecular formula is C7H19F3LiNO3SSi2. The van der Waals surface area contributed by atoms with Gasteiger partial charge in [-0.25, -0.2) is 0 Å². The van der Waals surface area contributed by atoms with E-state index in [1.807, 2.05) is 0 Å². The van der Waals surface area contributed by atoms with Gasteiger partial charge in [0.25, 0.3) is 0 Å². The molecule has 0 amide bonds. The first-order chi connectivity index (χ1) is 6.96. The second-order valence-corrected chi connectivity index (χ2v) is 16.4. The van der Waals surface area contributed by atoms with E-state index in [4.69, 9.17) is 17.6 Å². The normalized spacial score (nSPS) is 13.2. The molecule has 106 valence electrons. The molecular weight excluding hydrogens is 298 g/mol. The van der Waals surface area contributed by atoms with Crippen LogP contribution >= 0.6 is 0 Å². The van der Waals surface area contributed by atoms with Gasteiger partial charge in [-0.1, -0.05) is 55.8 Å². The molecule has 18 heavy (non-hydrogen) atoms. The molecule has 0 aromatic carbocycles. The third kappa shape index (κ3) is 16.7. The molecule has 0 atom stereocenters. The molecule has 4 nitrogen and oxygen atoms in total. The van der Waals surface area contributed by atoms with Crippen LogP contribution in [0.2, 0.25) is 39.3 Å². The molecule has 0 saturated heterocycles. The van der Waals surface area contributed by atoms with Gasteiger partial charge in [-0.05, 0) is 0 Å². The van der Waals surface area contributed by atoms with Crippen LogP contribution in [-0.4, -0.2) is 34.9 Å². The van der Waals surface area contributed by atoms with Gasteiger partial charge < -0.3 is 4.65 Å². The predicted octanol–water partition coefficient (Wildman–Crippen LogP) is 0.428. The van der Waals surface area contributed by atoms with E-state index in [9.17, 15) is 13.2 Å². The van der Waals surface area contributed by atoms with Crippen molar-refractivity contribution in [3.05, 3.63) is 4.65 Å². The van der Waals surface area contributed by atoms with E-state index < -0.39 is 32.1 Å². The number of halogens is 3. The molecule has 0 heterocycles. The molecule has 1 N–H and O–H groups in total. The van der Waals surface area contributed by atoms with E-state index in [0.29, 0.717) is 0 Å². The number of hydrogen-bond acceptors (Lipinski definition) is 2. The topological polar surface area (TPSA) is 68.5 Å². The molecule has 0 aliphatic rings. The van der Waals surface area contributed by atoms with Gasteiger partial charge in [-0.3, -0.25) is 4.55 Å². The zero-order valence-electron chi connectivity index (χ0n) is 11.8. The van der Waals surface area contributed by atoms with Crippen LogP contribution in [0.15, 0.2) is 0 Å². The van der Waals surface area contributed by atoms with E-state index in [0.717, 1.165) is 0 Å². The Bertz CT molecular complexity index is 323. The SMILES string of the molecule is C[Si](C)(C)[N-][Si](C)(C)C.O=S(=O)(O)C(F)(F)F.[Li+]. The monoisotopic (exact) mass is 317 g/mol. The molecule has 0 spiro atoms. The summed E-state index contributed by atoms with van der Waals surface area (Å²) in [4.78, 5) is 0. The Kier molecular flexibility index (Phi) is 9.86. The van der Waals surface area contributed by atoms with Gasteiger partial charge in [0.2, 0.25) is 0 Å². The molecule has 0 aromatic heterocycles. The Morgan fingerprint density at radius 2 is 1.11 bits per heavy atom. The number of rotatable bonds is 2. The van der Waals surface area contributed by atoms with Crippen molar-refractivity contribution in [3.8, 4) is 0 Å². The summed E-state index contributed by atoms with van der Waals surface area (Å²) in [5.74, 6) is 0. The minimum atomic E-state index is -5.84. The van der Waals surface area contributed by atoms with Crippen molar-refractivity contribution in [1.29, 1.82) is 0 Å². The van der Waals surface area contributed by atoms with Gasteiger partial charge in [0.1, 0.15) is 0 Å². The Labute approximate surface area is 121 Å². The summed E-state index contributed by atoms with van der Waals surface area (Å²) in [5.41, 5.74) is -5.53. The van der Waals surface area contributed by atoms with Gasteiger partial charge in [-0.2, -0.15) is 21.6 Å². The number of alkyl halides is 3. The molecule has 0 unspecified atom stereocenters. The first-order valence-corrected chi connectivity index (χ1v) is 13.1. The van der Waals surface area contributed by atoms with Gasteiger partial charge in [-0.15, -0.1) is 0 Å². The minimum Gasteiger partial charge on any atom is -0.668 e. The van der Waals surface area contributed by atoms with E-state index in [1.54, 1.807) is 0 Å². The summed E-state index contributed by atoms with van der Waals surface area (Å²) in [7, 11) is -8.05. The smallest absolute Gasteiger partial charge is 0.668 e. The maximum Gasteiger partial charge on any atom is 1.00 e. The Morgan fingerprint density at radius 3 is 1.11 bits per heavy atom. The van der Waals surface area contributed by atoms with Gasteiger partial charge in [0.15, 0.2) is 0 Å². The predicted molar refractivity (Wildman–Crippen MR) is 67.7 cm³/mol. The van der Waals surface area contributed by atoms with Crippen molar-refractivity contribution >= 4 is 26.6 Å². The standard InChI is InChI=1S/C6H18NSi2.CHF3O3S.Li/c1-8(2,3)7-9(4,5)6;2-1(3,4)8(5,6)7;/h1-6H3;(H,5,6,7);/q-1;;+1. The average molecular weight is 317 g/mol. The Morgan fingerprint density at radius 1 is 0.944 bits per heavy atom. The van der Waals surface area contributed by atoms with Crippen LogP contribution in [0.25, 0.3) is 4.65 Å². The van der Waals surface area contributed by atoms with E-state index in [1.165, 1.54) is 0 Å². The zero-order chi connectivity index (χ0) is 14.7. The van der Waals surface area contributed by atoms with Crippen LogP contribution in [-0.2, 0) is 10.1 Å². The van der Waals surface area contributed by atoms with Crippen LogP contribution in [0.1, 0.15) is 0 Å². The van der Waals surface area contributed by atoms with Crippen LogP contribution in [0.3, 0.4) is 0 Å². The van der Waals surface area contributed by atoms with Crippen molar-refractivity contribution in [2.24, 2.45) is 0 Å². The fourth-order valence-electron chi connectivity index (χ4n) is 1.01. The molecule has 0 bridgehead atoms. The molecule has 0 aliphatic heterocycles. The van der Waals surface area contributed by atoms with Crippen molar-refractivity contribution in [2.75, 3.05) is 0 Å². The summed E-state index contributed by atoms with van der Waals surface area (Å²) in [6, 6.07) is 0. The van der Waals surface area contributed by atoms with E-state index >= 15 is 0 Å². The van der Waals surface area contributed by atoms with E-state index in [2.05, 4.69) is 39.3 Å². The summed E-state index contributed by atoms with van der Waals surface area (Å²) < 4.78 is 62.4. The maximum absolute atomic E-state index is 10.7. The summed E-state index contributed by atoms with van der Waals surface area (Å²) in [6.45, 7) is 13.8. The van der Waals surface area contributed by atoms with Crippen LogP contribution in [0.5, 0.6) is 0 Å². The summed E-state index contributed by atoms with van der Waals surface area (Å²) >= 11 is 0. The minimum absolute atomic E-state index is 0.